The maximum Gasteiger partial charge on any atom is 0.325 e. The number of urea groups is 4. The normalized spacial score (nSPS) is 33.7. The van der Waals surface area contributed by atoms with Gasteiger partial charge in [0.2, 0.25) is 0 Å². The number of phenols is 4. The summed E-state index contributed by atoms with van der Waals surface area (Å²) < 4.78 is 0. The fourth-order valence-electron chi connectivity index (χ4n) is 9.34. The minimum atomic E-state index is -1.41. The van der Waals surface area contributed by atoms with Crippen LogP contribution >= 0.6 is 0 Å². The van der Waals surface area contributed by atoms with Crippen LogP contribution in [0.5, 0.6) is 23.0 Å². The molecule has 2 aromatic carbocycles. The number of phenolic OH excluding ortho intramolecular Hbond substituents is 4. The lowest BCUT2D eigenvalue weighted by Gasteiger charge is -2.52. The molecule has 46 heavy (non-hydrogen) atoms. The van der Waals surface area contributed by atoms with Gasteiger partial charge in [0, 0.05) is 22.3 Å². The standard InChI is InChI=1S/C30H32N8O8/c1-27-29(3)35-13-37-25(45)33-11-17-18(22(42)8-7-21(17)41)12-34-26(46)38(30(37,4)28(33,34)2)14-36(29)24(44)32(27)10-16-15(9-31(27)23(35)43)19(39)5-6-20(16)40/h5-8,39-42H,9-14H2,1-4H3. The molecule has 8 amide bonds. The van der Waals surface area contributed by atoms with Crippen LogP contribution in [0.4, 0.5) is 19.2 Å². The van der Waals surface area contributed by atoms with Crippen LogP contribution < -0.4 is 0 Å². The van der Waals surface area contributed by atoms with Gasteiger partial charge in [0.25, 0.3) is 0 Å². The summed E-state index contributed by atoms with van der Waals surface area (Å²) >= 11 is 0. The Hall–Kier alpha value is -5.28. The zero-order chi connectivity index (χ0) is 32.6. The average Bonchev–Trinajstić information content (AvgIpc) is 3.27. The Morgan fingerprint density at radius 1 is 0.413 bits per heavy atom. The highest BCUT2D eigenvalue weighted by atomic mass is 16.3. The zero-order valence-electron chi connectivity index (χ0n) is 25.6. The summed E-state index contributed by atoms with van der Waals surface area (Å²) in [5, 5.41) is 43.2. The maximum absolute atomic E-state index is 14.6. The Bertz CT molecular complexity index is 1630. The zero-order valence-corrected chi connectivity index (χ0v) is 25.6. The summed E-state index contributed by atoms with van der Waals surface area (Å²) in [7, 11) is 0. The molecule has 0 aliphatic carbocycles. The molecule has 0 radical (unpaired) electrons. The van der Waals surface area contributed by atoms with Gasteiger partial charge in [-0.05, 0) is 52.0 Å². The van der Waals surface area contributed by atoms with Crippen molar-refractivity contribution < 1.29 is 39.6 Å². The number of rotatable bonds is 0. The third-order valence-corrected chi connectivity index (χ3v) is 12.4. The summed E-state index contributed by atoms with van der Waals surface area (Å²) in [6, 6.07) is 3.41. The van der Waals surface area contributed by atoms with Gasteiger partial charge < -0.3 is 20.4 Å². The van der Waals surface area contributed by atoms with Crippen LogP contribution in [-0.4, -0.2) is 120 Å². The molecule has 9 rings (SSSR count). The average molecular weight is 633 g/mol. The van der Waals surface area contributed by atoms with E-state index < -0.39 is 46.8 Å². The number of hydrogen-bond acceptors (Lipinski definition) is 8. The Kier molecular flexibility index (Phi) is 4.45. The van der Waals surface area contributed by atoms with Crippen LogP contribution in [-0.2, 0) is 26.2 Å². The molecule has 7 aliphatic heterocycles. The predicted octanol–water partition coefficient (Wildman–Crippen LogP) is 1.98. The highest BCUT2D eigenvalue weighted by molar-refractivity contribution is 5.92. The molecule has 0 spiro atoms. The van der Waals surface area contributed by atoms with E-state index in [0.717, 1.165) is 0 Å². The minimum absolute atomic E-state index is 0.111. The molecule has 0 atom stereocenters. The Labute approximate surface area is 262 Å². The molecular formula is C30H32N8O8. The quantitative estimate of drug-likeness (QED) is 0.319. The van der Waals surface area contributed by atoms with Crippen LogP contribution in [0, 0.1) is 0 Å². The maximum atomic E-state index is 14.6. The molecule has 7 heterocycles. The highest BCUT2D eigenvalue weighted by Gasteiger charge is 2.81. The molecule has 7 aliphatic rings. The Morgan fingerprint density at radius 2 is 0.609 bits per heavy atom. The Morgan fingerprint density at radius 3 is 0.826 bits per heavy atom. The van der Waals surface area contributed by atoms with Gasteiger partial charge in [-0.2, -0.15) is 0 Å². The molecule has 240 valence electrons. The van der Waals surface area contributed by atoms with Crippen molar-refractivity contribution in [3.8, 4) is 23.0 Å². The van der Waals surface area contributed by atoms with Crippen molar-refractivity contribution in [3.63, 3.8) is 0 Å². The van der Waals surface area contributed by atoms with Gasteiger partial charge in [0.1, 0.15) is 36.3 Å². The van der Waals surface area contributed by atoms with E-state index in [0.29, 0.717) is 22.3 Å². The SMILES string of the molecule is CC12N3Cc4c(O)ccc(O)c4CN1C(=O)N1CN4C(=O)N5Cc6c(O)ccc(O)c6CN6C(=O)N(CN(C3=O)C12C)C4(C)C65C. The fourth-order valence-corrected chi connectivity index (χ4v) is 9.34. The van der Waals surface area contributed by atoms with Gasteiger partial charge >= 0.3 is 24.1 Å². The van der Waals surface area contributed by atoms with Gasteiger partial charge in [-0.3, -0.25) is 39.2 Å². The summed E-state index contributed by atoms with van der Waals surface area (Å²) in [4.78, 5) is 70.2. The highest BCUT2D eigenvalue weighted by Crippen LogP contribution is 2.60. The molecule has 2 aromatic rings. The molecule has 0 unspecified atom stereocenters. The van der Waals surface area contributed by atoms with Crippen molar-refractivity contribution in [2.75, 3.05) is 13.3 Å². The van der Waals surface area contributed by atoms with E-state index in [9.17, 15) is 39.6 Å². The number of nitrogens with zero attached hydrogens (tertiary/aromatic N) is 8. The second-order valence-corrected chi connectivity index (χ2v) is 13.7. The number of hydrogen-bond donors (Lipinski definition) is 4. The third-order valence-electron chi connectivity index (χ3n) is 12.4. The van der Waals surface area contributed by atoms with E-state index in [1.807, 2.05) is 0 Å². The minimum Gasteiger partial charge on any atom is -0.508 e. The van der Waals surface area contributed by atoms with Crippen molar-refractivity contribution in [1.29, 1.82) is 0 Å². The predicted molar refractivity (Wildman–Crippen MR) is 154 cm³/mol. The summed E-state index contributed by atoms with van der Waals surface area (Å²) in [6.45, 7) is 5.97. The Balaban J connectivity index is 1.24. The van der Waals surface area contributed by atoms with Gasteiger partial charge in [0.15, 0.2) is 22.7 Å². The molecule has 0 bridgehead atoms. The number of fused-ring (bicyclic) bond motifs is 2. The van der Waals surface area contributed by atoms with Crippen LogP contribution in [0.3, 0.4) is 0 Å². The van der Waals surface area contributed by atoms with Crippen LogP contribution in [0.1, 0.15) is 49.9 Å². The number of aromatic hydroxyl groups is 4. The lowest BCUT2D eigenvalue weighted by atomic mass is 9.92. The van der Waals surface area contributed by atoms with E-state index in [1.54, 1.807) is 27.7 Å². The van der Waals surface area contributed by atoms with Gasteiger partial charge in [-0.15, -0.1) is 0 Å². The van der Waals surface area contributed by atoms with Crippen molar-refractivity contribution in [3.05, 3.63) is 46.5 Å². The van der Waals surface area contributed by atoms with Gasteiger partial charge in [0.05, 0.1) is 26.2 Å². The number of benzene rings is 2. The molecule has 0 saturated carbocycles. The van der Waals surface area contributed by atoms with Gasteiger partial charge in [-0.25, -0.2) is 19.2 Å². The lowest BCUT2D eigenvalue weighted by Crippen LogP contribution is -2.73. The van der Waals surface area contributed by atoms with Crippen molar-refractivity contribution in [2.45, 2.75) is 76.5 Å². The van der Waals surface area contributed by atoms with E-state index in [-0.39, 0.29) is 62.5 Å². The summed E-state index contributed by atoms with van der Waals surface area (Å²) in [6.07, 6.45) is 0. The van der Waals surface area contributed by atoms with Crippen molar-refractivity contribution >= 4 is 24.1 Å². The van der Waals surface area contributed by atoms with Crippen molar-refractivity contribution in [1.82, 2.24) is 39.2 Å². The third kappa shape index (κ3) is 2.43. The van der Waals surface area contributed by atoms with Crippen molar-refractivity contribution in [2.24, 2.45) is 0 Å². The number of carbonyl (C=O) groups excluding carboxylic acids is 4. The first-order valence-corrected chi connectivity index (χ1v) is 15.1. The van der Waals surface area contributed by atoms with Crippen LogP contribution in [0.15, 0.2) is 24.3 Å². The number of carbonyl (C=O) groups is 4. The van der Waals surface area contributed by atoms with Gasteiger partial charge in [-0.1, -0.05) is 0 Å². The molecule has 16 heteroatoms. The van der Waals surface area contributed by atoms with E-state index in [4.69, 9.17) is 0 Å². The molecule has 0 aromatic heterocycles. The molecule has 5 saturated heterocycles. The summed E-state index contributed by atoms with van der Waals surface area (Å²) in [5.41, 5.74) is -4.23. The fraction of sp³-hybridized carbons (Fsp3) is 0.467. The molecular weight excluding hydrogens is 600 g/mol. The topological polar surface area (TPSA) is 175 Å². The monoisotopic (exact) mass is 632 g/mol. The first kappa shape index (κ1) is 27.1. The lowest BCUT2D eigenvalue weighted by molar-refractivity contribution is -0.125. The van der Waals surface area contributed by atoms with Crippen LogP contribution in [0.2, 0.25) is 0 Å². The molecule has 16 nitrogen and oxygen atoms in total. The summed E-state index contributed by atoms with van der Waals surface area (Å²) in [5.74, 6) is -0.488. The van der Waals surface area contributed by atoms with E-state index in [2.05, 4.69) is 0 Å². The second kappa shape index (κ2) is 7.57. The molecule has 5 fully saturated rings. The largest absolute Gasteiger partial charge is 0.508 e. The van der Waals surface area contributed by atoms with E-state index >= 15 is 0 Å². The smallest absolute Gasteiger partial charge is 0.325 e. The molecule has 4 N–H and O–H groups in total. The first-order valence-electron chi connectivity index (χ1n) is 15.1. The first-order chi connectivity index (χ1) is 21.6. The second-order valence-electron chi connectivity index (χ2n) is 13.7. The van der Waals surface area contributed by atoms with Crippen LogP contribution in [0.25, 0.3) is 0 Å². The number of amides is 8. The van der Waals surface area contributed by atoms with E-state index in [1.165, 1.54) is 63.5 Å².